The van der Waals surface area contributed by atoms with E-state index in [2.05, 4.69) is 44.6 Å². The first kappa shape index (κ1) is 27.3. The molecule has 176 valence electrons. The SMILES string of the molecule is NC(=O)OCc1ccc(CO[N+](=O)[O-])cc1.Nc1n[nH]c(=S)s1.O=C(O)c1cccc(S)c1. The van der Waals surface area contributed by atoms with Crippen molar-refractivity contribution < 1.29 is 29.4 Å². The van der Waals surface area contributed by atoms with Crippen LogP contribution in [0.15, 0.2) is 53.4 Å². The third-order valence-corrected chi connectivity index (χ3v) is 4.49. The lowest BCUT2D eigenvalue weighted by molar-refractivity contribution is -0.763. The van der Waals surface area contributed by atoms with Crippen molar-refractivity contribution in [1.29, 1.82) is 0 Å². The summed E-state index contributed by atoms with van der Waals surface area (Å²) in [5.41, 5.74) is 11.6. The number of nitrogens with two attached hydrogens (primary N) is 2. The Morgan fingerprint density at radius 3 is 2.18 bits per heavy atom. The molecule has 3 aromatic rings. The molecule has 0 aliphatic heterocycles. The number of hydrogen-bond acceptors (Lipinski definition) is 11. The number of carbonyl (C=O) groups excluding carboxylic acids is 1. The number of hydrogen-bond donors (Lipinski definition) is 5. The number of aromatic nitrogens is 2. The number of aromatic carboxylic acids is 1. The Bertz CT molecular complexity index is 1080. The quantitative estimate of drug-likeness (QED) is 0.141. The van der Waals surface area contributed by atoms with Gasteiger partial charge in [-0.15, -0.1) is 27.8 Å². The monoisotopic (exact) mass is 513 g/mol. The van der Waals surface area contributed by atoms with Gasteiger partial charge in [0.2, 0.25) is 5.13 Å². The molecule has 0 saturated carbocycles. The Morgan fingerprint density at radius 1 is 1.21 bits per heavy atom. The molecule has 0 aliphatic carbocycles. The van der Waals surface area contributed by atoms with Crippen molar-refractivity contribution in [2.24, 2.45) is 5.73 Å². The predicted molar refractivity (Wildman–Crippen MR) is 125 cm³/mol. The Kier molecular flexibility index (Phi) is 11.9. The van der Waals surface area contributed by atoms with Crippen LogP contribution in [-0.4, -0.2) is 32.5 Å². The third-order valence-electron chi connectivity index (χ3n) is 3.29. The Morgan fingerprint density at radius 2 is 1.82 bits per heavy atom. The zero-order valence-electron chi connectivity index (χ0n) is 16.7. The predicted octanol–water partition coefficient (Wildman–Crippen LogP) is 3.45. The minimum absolute atomic E-state index is 0.0751. The van der Waals surface area contributed by atoms with Crippen molar-refractivity contribution in [1.82, 2.24) is 10.2 Å². The second-order valence-electron chi connectivity index (χ2n) is 5.73. The highest BCUT2D eigenvalue weighted by Crippen LogP contribution is 2.08. The number of thiol groups is 1. The van der Waals surface area contributed by atoms with Gasteiger partial charge in [0.1, 0.15) is 13.2 Å². The standard InChI is InChI=1S/C9H10N2O5.C7H6O2S.C2H3N3S2/c10-9(12)15-5-7-1-3-8(4-2-7)6-16-11(13)14;8-7(9)5-2-1-3-6(10)4-5;3-1-4-5-2(6)7-1/h1-4H,5-6H2,(H2,10,12);1-4,10H,(H,8,9);(H2,3,4)(H,5,6). The summed E-state index contributed by atoms with van der Waals surface area (Å²) < 4.78 is 5.19. The molecule has 12 nitrogen and oxygen atoms in total. The number of carboxylic acid groups (broad SMARTS) is 1. The smallest absolute Gasteiger partial charge is 0.404 e. The molecule has 6 N–H and O–H groups in total. The minimum Gasteiger partial charge on any atom is -0.478 e. The summed E-state index contributed by atoms with van der Waals surface area (Å²) in [6.45, 7) is -0.0321. The zero-order valence-corrected chi connectivity index (χ0v) is 19.3. The van der Waals surface area contributed by atoms with Crippen molar-refractivity contribution in [3.05, 3.63) is 79.3 Å². The van der Waals surface area contributed by atoms with Gasteiger partial charge in [0, 0.05) is 4.90 Å². The second-order valence-corrected chi connectivity index (χ2v) is 7.94. The van der Waals surface area contributed by atoms with E-state index in [-0.39, 0.29) is 18.8 Å². The van der Waals surface area contributed by atoms with Crippen LogP contribution in [0.4, 0.5) is 9.93 Å². The Balaban J connectivity index is 0.000000271. The van der Waals surface area contributed by atoms with Crippen LogP contribution in [0.3, 0.4) is 0 Å². The molecule has 0 atom stereocenters. The fraction of sp³-hybridized carbons (Fsp3) is 0.111. The minimum atomic E-state index is -0.920. The first-order valence-corrected chi connectivity index (χ1v) is 10.3. The molecule has 1 amide bonds. The summed E-state index contributed by atoms with van der Waals surface area (Å²) in [7, 11) is 0. The van der Waals surface area contributed by atoms with E-state index >= 15 is 0 Å². The normalized spacial score (nSPS) is 9.36. The van der Waals surface area contributed by atoms with Gasteiger partial charge in [-0.05, 0) is 41.5 Å². The zero-order chi connectivity index (χ0) is 24.8. The van der Waals surface area contributed by atoms with E-state index in [1.54, 1.807) is 36.4 Å². The van der Waals surface area contributed by atoms with Crippen LogP contribution in [0.5, 0.6) is 0 Å². The van der Waals surface area contributed by atoms with E-state index in [4.69, 9.17) is 16.6 Å². The highest BCUT2D eigenvalue weighted by atomic mass is 32.1. The van der Waals surface area contributed by atoms with Gasteiger partial charge in [0.25, 0.3) is 5.09 Å². The van der Waals surface area contributed by atoms with Crippen LogP contribution in [0.25, 0.3) is 0 Å². The summed E-state index contributed by atoms with van der Waals surface area (Å²) in [6.07, 6.45) is -0.847. The summed E-state index contributed by atoms with van der Waals surface area (Å²) in [5.74, 6) is -0.920. The number of benzene rings is 2. The fourth-order valence-electron chi connectivity index (χ4n) is 1.89. The molecular weight excluding hydrogens is 494 g/mol. The summed E-state index contributed by atoms with van der Waals surface area (Å²) >= 11 is 9.91. The van der Waals surface area contributed by atoms with Crippen molar-refractivity contribution in [3.63, 3.8) is 0 Å². The van der Waals surface area contributed by atoms with Crippen LogP contribution < -0.4 is 11.5 Å². The van der Waals surface area contributed by atoms with Crippen LogP contribution in [-0.2, 0) is 22.8 Å². The largest absolute Gasteiger partial charge is 0.478 e. The van der Waals surface area contributed by atoms with Gasteiger partial charge in [-0.3, -0.25) is 5.10 Å². The van der Waals surface area contributed by atoms with E-state index in [1.807, 2.05) is 0 Å². The van der Waals surface area contributed by atoms with Gasteiger partial charge in [-0.2, -0.15) is 0 Å². The number of ether oxygens (including phenoxy) is 1. The number of H-pyrrole nitrogens is 1. The molecular formula is C18H19N5O7S3. The first-order valence-electron chi connectivity index (χ1n) is 8.67. The van der Waals surface area contributed by atoms with Gasteiger partial charge >= 0.3 is 12.1 Å². The number of nitrogen functional groups attached to an aromatic ring is 1. The number of aromatic amines is 1. The van der Waals surface area contributed by atoms with Gasteiger partial charge in [-0.1, -0.05) is 41.7 Å². The Hall–Kier alpha value is -3.69. The number of amides is 1. The molecule has 0 radical (unpaired) electrons. The Labute approximate surface area is 201 Å². The summed E-state index contributed by atoms with van der Waals surface area (Å²) in [5, 5.41) is 24.1. The molecule has 15 heteroatoms. The maximum Gasteiger partial charge on any atom is 0.404 e. The van der Waals surface area contributed by atoms with E-state index in [0.29, 0.717) is 19.5 Å². The van der Waals surface area contributed by atoms with Crippen molar-refractivity contribution in [2.45, 2.75) is 18.1 Å². The van der Waals surface area contributed by atoms with Crippen LogP contribution in [0.1, 0.15) is 21.5 Å². The topological polar surface area (TPSA) is 197 Å². The van der Waals surface area contributed by atoms with E-state index in [1.165, 1.54) is 23.5 Å². The lowest BCUT2D eigenvalue weighted by Gasteiger charge is -2.03. The number of nitrogens with one attached hydrogen (secondary N) is 1. The maximum atomic E-state index is 10.3. The average Bonchev–Trinajstić information content (AvgIpc) is 3.15. The highest BCUT2D eigenvalue weighted by molar-refractivity contribution is 7.80. The van der Waals surface area contributed by atoms with E-state index in [9.17, 15) is 19.7 Å². The second kappa shape index (κ2) is 14.4. The van der Waals surface area contributed by atoms with Gasteiger partial charge in [-0.25, -0.2) is 9.59 Å². The van der Waals surface area contributed by atoms with Crippen LogP contribution >= 0.6 is 36.2 Å². The van der Waals surface area contributed by atoms with Crippen LogP contribution in [0.2, 0.25) is 0 Å². The molecule has 2 aromatic carbocycles. The number of carbonyl (C=O) groups is 2. The molecule has 0 fully saturated rings. The van der Waals surface area contributed by atoms with Gasteiger partial charge in [0.15, 0.2) is 3.95 Å². The van der Waals surface area contributed by atoms with E-state index in [0.717, 1.165) is 5.56 Å². The molecule has 0 saturated heterocycles. The lowest BCUT2D eigenvalue weighted by atomic mass is 10.1. The van der Waals surface area contributed by atoms with Crippen molar-refractivity contribution >= 4 is 53.4 Å². The number of primary amides is 1. The molecule has 0 aliphatic rings. The molecule has 3 rings (SSSR count). The number of nitrogens with zero attached hydrogens (tertiary/aromatic N) is 2. The molecule has 0 bridgehead atoms. The first-order chi connectivity index (χ1) is 15.6. The summed E-state index contributed by atoms with van der Waals surface area (Å²) in [6, 6.07) is 13.0. The van der Waals surface area contributed by atoms with Crippen LogP contribution in [0, 0.1) is 14.1 Å². The lowest BCUT2D eigenvalue weighted by Crippen LogP contribution is -2.12. The molecule has 33 heavy (non-hydrogen) atoms. The maximum absolute atomic E-state index is 10.3. The average molecular weight is 514 g/mol. The third kappa shape index (κ3) is 12.7. The molecule has 1 heterocycles. The summed E-state index contributed by atoms with van der Waals surface area (Å²) in [4.78, 5) is 35.4. The number of carboxylic acids is 1. The fourth-order valence-corrected chi connectivity index (χ4v) is 2.79. The molecule has 0 spiro atoms. The van der Waals surface area contributed by atoms with Crippen molar-refractivity contribution in [3.8, 4) is 0 Å². The van der Waals surface area contributed by atoms with Crippen molar-refractivity contribution in [2.75, 3.05) is 5.73 Å². The van der Waals surface area contributed by atoms with Gasteiger partial charge in [0.05, 0.1) is 5.56 Å². The number of anilines is 1. The number of rotatable bonds is 6. The molecule has 0 unspecified atom stereocenters. The van der Waals surface area contributed by atoms with Gasteiger partial charge < -0.3 is 26.1 Å². The van der Waals surface area contributed by atoms with E-state index < -0.39 is 17.1 Å². The highest BCUT2D eigenvalue weighted by Gasteiger charge is 2.01. The molecule has 1 aromatic heterocycles.